The summed E-state index contributed by atoms with van der Waals surface area (Å²) in [6, 6.07) is 6.31. The molecule has 20 heavy (non-hydrogen) atoms. The van der Waals surface area contributed by atoms with Crippen molar-refractivity contribution >= 4 is 11.8 Å². The summed E-state index contributed by atoms with van der Waals surface area (Å²) in [5, 5.41) is 10.9. The Kier molecular flexibility index (Phi) is 5.88. The van der Waals surface area contributed by atoms with Crippen LogP contribution in [0.1, 0.15) is 24.5 Å². The fourth-order valence-corrected chi connectivity index (χ4v) is 2.63. The molecule has 0 amide bonds. The van der Waals surface area contributed by atoms with Crippen LogP contribution in [0.5, 0.6) is 5.75 Å². The SMILES string of the molecule is CCCNCc1ccc(OC)c(CSc2ncn[nH]2)c1. The lowest BCUT2D eigenvalue weighted by molar-refractivity contribution is 0.411. The number of hydrogen-bond donors (Lipinski definition) is 2. The molecular formula is C14H20N4OS. The van der Waals surface area contributed by atoms with Crippen molar-refractivity contribution in [1.29, 1.82) is 0 Å². The first-order valence-electron chi connectivity index (χ1n) is 6.68. The molecule has 0 radical (unpaired) electrons. The van der Waals surface area contributed by atoms with Gasteiger partial charge in [0.25, 0.3) is 0 Å². The lowest BCUT2D eigenvalue weighted by Gasteiger charge is -2.10. The van der Waals surface area contributed by atoms with Crippen molar-refractivity contribution in [3.63, 3.8) is 0 Å². The van der Waals surface area contributed by atoms with E-state index in [1.54, 1.807) is 18.9 Å². The number of aromatic amines is 1. The average Bonchev–Trinajstić information content (AvgIpc) is 2.99. The van der Waals surface area contributed by atoms with E-state index in [1.165, 1.54) is 17.5 Å². The molecule has 0 atom stereocenters. The number of methoxy groups -OCH3 is 1. The maximum Gasteiger partial charge on any atom is 0.183 e. The van der Waals surface area contributed by atoms with Gasteiger partial charge in [-0.05, 0) is 30.7 Å². The molecule has 6 heteroatoms. The average molecular weight is 292 g/mol. The number of thioether (sulfide) groups is 1. The first-order chi connectivity index (χ1) is 9.83. The Morgan fingerprint density at radius 3 is 3.00 bits per heavy atom. The fraction of sp³-hybridized carbons (Fsp3) is 0.429. The molecule has 0 fully saturated rings. The predicted octanol–water partition coefficient (Wildman–Crippen LogP) is 2.61. The van der Waals surface area contributed by atoms with Gasteiger partial charge < -0.3 is 10.1 Å². The van der Waals surface area contributed by atoms with E-state index in [4.69, 9.17) is 4.74 Å². The van der Waals surface area contributed by atoms with Crippen LogP contribution < -0.4 is 10.1 Å². The Morgan fingerprint density at radius 2 is 2.30 bits per heavy atom. The van der Waals surface area contributed by atoms with Gasteiger partial charge in [-0.15, -0.1) is 0 Å². The largest absolute Gasteiger partial charge is 0.496 e. The maximum atomic E-state index is 5.42. The summed E-state index contributed by atoms with van der Waals surface area (Å²) in [5.41, 5.74) is 2.44. The molecule has 2 aromatic rings. The van der Waals surface area contributed by atoms with Gasteiger partial charge >= 0.3 is 0 Å². The summed E-state index contributed by atoms with van der Waals surface area (Å²) in [4.78, 5) is 4.11. The molecule has 108 valence electrons. The minimum absolute atomic E-state index is 0.806. The second-order valence-electron chi connectivity index (χ2n) is 4.40. The number of benzene rings is 1. The Hall–Kier alpha value is -1.53. The highest BCUT2D eigenvalue weighted by atomic mass is 32.2. The Labute approximate surface area is 123 Å². The van der Waals surface area contributed by atoms with E-state index in [1.807, 2.05) is 6.07 Å². The molecule has 0 spiro atoms. The van der Waals surface area contributed by atoms with Crippen LogP contribution in [-0.2, 0) is 12.3 Å². The number of rotatable bonds is 8. The van der Waals surface area contributed by atoms with Crippen LogP contribution in [0.25, 0.3) is 0 Å². The van der Waals surface area contributed by atoms with Crippen molar-refractivity contribution < 1.29 is 4.74 Å². The van der Waals surface area contributed by atoms with Gasteiger partial charge in [-0.2, -0.15) is 5.10 Å². The van der Waals surface area contributed by atoms with Gasteiger partial charge in [0.2, 0.25) is 0 Å². The second-order valence-corrected chi connectivity index (χ2v) is 5.37. The molecule has 0 aliphatic rings. The lowest BCUT2D eigenvalue weighted by atomic mass is 10.1. The molecule has 0 saturated heterocycles. The van der Waals surface area contributed by atoms with E-state index in [2.05, 4.69) is 39.6 Å². The Balaban J connectivity index is 2.02. The third-order valence-corrected chi connectivity index (χ3v) is 3.78. The van der Waals surface area contributed by atoms with Crippen molar-refractivity contribution in [2.45, 2.75) is 30.8 Å². The highest BCUT2D eigenvalue weighted by Gasteiger charge is 2.06. The zero-order valence-corrected chi connectivity index (χ0v) is 12.7. The molecule has 2 N–H and O–H groups in total. The summed E-state index contributed by atoms with van der Waals surface area (Å²) >= 11 is 1.62. The van der Waals surface area contributed by atoms with Gasteiger partial charge in [0, 0.05) is 17.9 Å². The molecule has 1 aromatic heterocycles. The molecule has 0 bridgehead atoms. The van der Waals surface area contributed by atoms with Gasteiger partial charge in [-0.1, -0.05) is 24.8 Å². The molecule has 0 saturated carbocycles. The fourth-order valence-electron chi connectivity index (χ4n) is 1.87. The van der Waals surface area contributed by atoms with Crippen LogP contribution in [0.15, 0.2) is 29.7 Å². The number of hydrogen-bond acceptors (Lipinski definition) is 5. The number of aromatic nitrogens is 3. The highest BCUT2D eigenvalue weighted by molar-refractivity contribution is 7.98. The van der Waals surface area contributed by atoms with E-state index >= 15 is 0 Å². The van der Waals surface area contributed by atoms with Crippen molar-refractivity contribution in [2.24, 2.45) is 0 Å². The monoisotopic (exact) mass is 292 g/mol. The third kappa shape index (κ3) is 4.25. The van der Waals surface area contributed by atoms with Crippen LogP contribution >= 0.6 is 11.8 Å². The molecule has 0 aliphatic carbocycles. The zero-order chi connectivity index (χ0) is 14.2. The van der Waals surface area contributed by atoms with Crippen molar-refractivity contribution in [1.82, 2.24) is 20.5 Å². The van der Waals surface area contributed by atoms with Gasteiger partial charge in [0.15, 0.2) is 5.16 Å². The van der Waals surface area contributed by atoms with Gasteiger partial charge in [0.1, 0.15) is 12.1 Å². The summed E-state index contributed by atoms with van der Waals surface area (Å²) in [6.45, 7) is 4.09. The molecule has 0 aliphatic heterocycles. The lowest BCUT2D eigenvalue weighted by Crippen LogP contribution is -2.13. The van der Waals surface area contributed by atoms with Crippen LogP contribution in [0.2, 0.25) is 0 Å². The molecule has 0 unspecified atom stereocenters. The van der Waals surface area contributed by atoms with Crippen molar-refractivity contribution in [3.05, 3.63) is 35.7 Å². The molecule has 1 aromatic carbocycles. The van der Waals surface area contributed by atoms with Gasteiger partial charge in [0.05, 0.1) is 7.11 Å². The minimum Gasteiger partial charge on any atom is -0.496 e. The Morgan fingerprint density at radius 1 is 1.40 bits per heavy atom. The zero-order valence-electron chi connectivity index (χ0n) is 11.8. The minimum atomic E-state index is 0.806. The van der Waals surface area contributed by atoms with E-state index in [0.717, 1.165) is 36.2 Å². The summed E-state index contributed by atoms with van der Waals surface area (Å²) in [7, 11) is 1.70. The molecule has 1 heterocycles. The first-order valence-corrected chi connectivity index (χ1v) is 7.66. The second kappa shape index (κ2) is 7.91. The normalized spacial score (nSPS) is 10.7. The van der Waals surface area contributed by atoms with Gasteiger partial charge in [-0.3, -0.25) is 5.10 Å². The third-order valence-electron chi connectivity index (χ3n) is 2.86. The van der Waals surface area contributed by atoms with Crippen LogP contribution in [0.3, 0.4) is 0 Å². The van der Waals surface area contributed by atoms with E-state index < -0.39 is 0 Å². The smallest absolute Gasteiger partial charge is 0.183 e. The predicted molar refractivity (Wildman–Crippen MR) is 80.9 cm³/mol. The number of H-pyrrole nitrogens is 1. The van der Waals surface area contributed by atoms with E-state index in [0.29, 0.717) is 0 Å². The number of nitrogens with zero attached hydrogens (tertiary/aromatic N) is 2. The van der Waals surface area contributed by atoms with Crippen molar-refractivity contribution in [3.8, 4) is 5.75 Å². The summed E-state index contributed by atoms with van der Waals surface area (Å²) in [5.74, 6) is 1.72. The van der Waals surface area contributed by atoms with Crippen LogP contribution in [-0.4, -0.2) is 28.8 Å². The first kappa shape index (κ1) is 14.9. The maximum absolute atomic E-state index is 5.42. The quantitative estimate of drug-likeness (QED) is 0.578. The topological polar surface area (TPSA) is 62.8 Å². The Bertz CT molecular complexity index is 516. The van der Waals surface area contributed by atoms with E-state index in [9.17, 15) is 0 Å². The van der Waals surface area contributed by atoms with E-state index in [-0.39, 0.29) is 0 Å². The van der Waals surface area contributed by atoms with Gasteiger partial charge in [-0.25, -0.2) is 4.98 Å². The number of ether oxygens (including phenoxy) is 1. The van der Waals surface area contributed by atoms with Crippen LogP contribution in [0, 0.1) is 0 Å². The summed E-state index contributed by atoms with van der Waals surface area (Å²) < 4.78 is 5.42. The highest BCUT2D eigenvalue weighted by Crippen LogP contribution is 2.26. The molecule has 2 rings (SSSR count). The summed E-state index contributed by atoms with van der Waals surface area (Å²) in [6.07, 6.45) is 2.66. The standard InChI is InChI=1S/C14H20N4OS/c1-3-6-15-8-11-4-5-13(19-2)12(7-11)9-20-14-16-10-17-18-14/h4-5,7,10,15H,3,6,8-9H2,1-2H3,(H,16,17,18). The molecular weight excluding hydrogens is 272 g/mol. The van der Waals surface area contributed by atoms with Crippen molar-refractivity contribution in [2.75, 3.05) is 13.7 Å². The molecule has 5 nitrogen and oxygen atoms in total. The van der Waals surface area contributed by atoms with Crippen LogP contribution in [0.4, 0.5) is 0 Å². The number of nitrogens with one attached hydrogen (secondary N) is 2.